The molecule has 2 fully saturated rings. The van der Waals surface area contributed by atoms with Crippen molar-refractivity contribution in [1.29, 1.82) is 0 Å². The molecule has 16 heavy (non-hydrogen) atoms. The highest BCUT2D eigenvalue weighted by Crippen LogP contribution is 2.27. The molecule has 3 unspecified atom stereocenters. The van der Waals surface area contributed by atoms with E-state index in [1.165, 1.54) is 51.6 Å². The predicted molar refractivity (Wildman–Crippen MR) is 69.7 cm³/mol. The van der Waals surface area contributed by atoms with Gasteiger partial charge in [0, 0.05) is 18.6 Å². The Morgan fingerprint density at radius 2 is 1.94 bits per heavy atom. The number of hydrogen-bond donors (Lipinski definition) is 1. The van der Waals surface area contributed by atoms with Crippen molar-refractivity contribution in [3.63, 3.8) is 0 Å². The molecule has 2 nitrogen and oxygen atoms in total. The number of nitrogens with one attached hydrogen (secondary N) is 1. The second-order valence-corrected chi connectivity index (χ2v) is 5.76. The van der Waals surface area contributed by atoms with Gasteiger partial charge in [0.05, 0.1) is 0 Å². The minimum Gasteiger partial charge on any atom is -0.313 e. The van der Waals surface area contributed by atoms with Crippen molar-refractivity contribution in [2.75, 3.05) is 19.6 Å². The summed E-state index contributed by atoms with van der Waals surface area (Å²) in [7, 11) is 0. The zero-order valence-corrected chi connectivity index (χ0v) is 11.0. The third-order valence-corrected chi connectivity index (χ3v) is 4.35. The zero-order chi connectivity index (χ0) is 11.4. The lowest BCUT2D eigenvalue weighted by Gasteiger charge is -2.43. The first-order chi connectivity index (χ1) is 7.81. The molecule has 0 amide bonds. The van der Waals surface area contributed by atoms with Gasteiger partial charge in [-0.1, -0.05) is 26.7 Å². The van der Waals surface area contributed by atoms with Crippen LogP contribution in [-0.4, -0.2) is 36.6 Å². The third kappa shape index (κ3) is 2.98. The number of rotatable bonds is 3. The van der Waals surface area contributed by atoms with Gasteiger partial charge < -0.3 is 5.32 Å². The van der Waals surface area contributed by atoms with Crippen LogP contribution in [0.1, 0.15) is 52.4 Å². The molecule has 0 radical (unpaired) electrons. The lowest BCUT2D eigenvalue weighted by atomic mass is 9.87. The Morgan fingerprint density at radius 3 is 2.69 bits per heavy atom. The van der Waals surface area contributed by atoms with Crippen LogP contribution >= 0.6 is 0 Å². The van der Waals surface area contributed by atoms with Gasteiger partial charge in [-0.15, -0.1) is 0 Å². The summed E-state index contributed by atoms with van der Waals surface area (Å²) in [5.41, 5.74) is 0. The lowest BCUT2D eigenvalue weighted by molar-refractivity contribution is 0.0806. The van der Waals surface area contributed by atoms with Gasteiger partial charge in [-0.3, -0.25) is 4.90 Å². The van der Waals surface area contributed by atoms with Crippen molar-refractivity contribution in [2.45, 2.75) is 64.5 Å². The maximum absolute atomic E-state index is 3.71. The van der Waals surface area contributed by atoms with Gasteiger partial charge in [-0.25, -0.2) is 0 Å². The number of nitrogens with zero attached hydrogens (tertiary/aromatic N) is 1. The van der Waals surface area contributed by atoms with Crippen LogP contribution in [0.2, 0.25) is 0 Å². The van der Waals surface area contributed by atoms with E-state index in [9.17, 15) is 0 Å². The van der Waals surface area contributed by atoms with Gasteiger partial charge in [0.15, 0.2) is 0 Å². The summed E-state index contributed by atoms with van der Waals surface area (Å²) >= 11 is 0. The highest BCUT2D eigenvalue weighted by molar-refractivity contribution is 4.89. The summed E-state index contributed by atoms with van der Waals surface area (Å²) in [6.45, 7) is 8.47. The molecule has 2 aliphatic rings. The van der Waals surface area contributed by atoms with Crippen LogP contribution < -0.4 is 5.32 Å². The van der Waals surface area contributed by atoms with Gasteiger partial charge >= 0.3 is 0 Å². The number of piperidine rings is 1. The van der Waals surface area contributed by atoms with Gasteiger partial charge in [0.1, 0.15) is 0 Å². The summed E-state index contributed by atoms with van der Waals surface area (Å²) in [5.74, 6) is 0.915. The highest BCUT2D eigenvalue weighted by atomic mass is 15.2. The largest absolute Gasteiger partial charge is 0.313 e. The first-order valence-corrected chi connectivity index (χ1v) is 7.28. The normalized spacial score (nSPS) is 37.5. The minimum absolute atomic E-state index is 0.768. The van der Waals surface area contributed by atoms with Crippen molar-refractivity contribution in [1.82, 2.24) is 10.2 Å². The molecule has 94 valence electrons. The fourth-order valence-electron chi connectivity index (χ4n) is 3.58. The second kappa shape index (κ2) is 6.02. The van der Waals surface area contributed by atoms with Crippen LogP contribution in [0.5, 0.6) is 0 Å². The van der Waals surface area contributed by atoms with Crippen LogP contribution in [0.4, 0.5) is 0 Å². The Hall–Kier alpha value is -0.0800. The monoisotopic (exact) mass is 224 g/mol. The maximum Gasteiger partial charge on any atom is 0.0249 e. The number of likely N-dealkylation sites (tertiary alicyclic amines) is 1. The molecule has 1 aliphatic carbocycles. The van der Waals surface area contributed by atoms with E-state index < -0.39 is 0 Å². The smallest absolute Gasteiger partial charge is 0.0249 e. The Labute approximate surface area is 101 Å². The van der Waals surface area contributed by atoms with E-state index in [0.717, 1.165) is 24.5 Å². The number of hydrogen-bond acceptors (Lipinski definition) is 2. The fraction of sp³-hybridized carbons (Fsp3) is 1.00. The standard InChI is InChI=1S/C14H28N2/c1-3-15-13-8-4-5-9-14(13)16-10-6-7-12(2)11-16/h12-15H,3-11H2,1-2H3. The molecular formula is C14H28N2. The topological polar surface area (TPSA) is 15.3 Å². The molecule has 1 saturated carbocycles. The Balaban J connectivity index is 1.93. The van der Waals surface area contributed by atoms with Gasteiger partial charge in [0.2, 0.25) is 0 Å². The average Bonchev–Trinajstić information content (AvgIpc) is 2.30. The summed E-state index contributed by atoms with van der Waals surface area (Å²) in [6.07, 6.45) is 8.54. The van der Waals surface area contributed by atoms with Gasteiger partial charge in [-0.2, -0.15) is 0 Å². The molecular weight excluding hydrogens is 196 g/mol. The van der Waals surface area contributed by atoms with Crippen molar-refractivity contribution < 1.29 is 0 Å². The summed E-state index contributed by atoms with van der Waals surface area (Å²) < 4.78 is 0. The van der Waals surface area contributed by atoms with Crippen molar-refractivity contribution in [3.8, 4) is 0 Å². The fourth-order valence-corrected chi connectivity index (χ4v) is 3.58. The molecule has 0 spiro atoms. The van der Waals surface area contributed by atoms with E-state index in [1.807, 2.05) is 0 Å². The van der Waals surface area contributed by atoms with Crippen LogP contribution in [0.15, 0.2) is 0 Å². The molecule has 2 heteroatoms. The first-order valence-electron chi connectivity index (χ1n) is 7.28. The van der Waals surface area contributed by atoms with E-state index in [-0.39, 0.29) is 0 Å². The predicted octanol–water partition coefficient (Wildman–Crippen LogP) is 2.64. The Morgan fingerprint density at radius 1 is 1.12 bits per heavy atom. The molecule has 3 atom stereocenters. The average molecular weight is 224 g/mol. The summed E-state index contributed by atoms with van der Waals surface area (Å²) in [4.78, 5) is 2.78. The summed E-state index contributed by atoms with van der Waals surface area (Å²) in [6, 6.07) is 1.60. The quantitative estimate of drug-likeness (QED) is 0.793. The lowest BCUT2D eigenvalue weighted by Crippen LogP contribution is -2.54. The molecule has 0 aromatic heterocycles. The molecule has 0 aromatic rings. The first kappa shape index (κ1) is 12.4. The molecule has 0 bridgehead atoms. The van der Waals surface area contributed by atoms with Crippen LogP contribution in [0.25, 0.3) is 0 Å². The molecule has 1 N–H and O–H groups in total. The molecule has 1 heterocycles. The Kier molecular flexibility index (Phi) is 4.66. The Bertz CT molecular complexity index is 203. The minimum atomic E-state index is 0.768. The maximum atomic E-state index is 3.71. The van der Waals surface area contributed by atoms with Crippen LogP contribution in [0, 0.1) is 5.92 Å². The van der Waals surface area contributed by atoms with E-state index in [4.69, 9.17) is 0 Å². The van der Waals surface area contributed by atoms with E-state index in [0.29, 0.717) is 0 Å². The van der Waals surface area contributed by atoms with Crippen molar-refractivity contribution in [3.05, 3.63) is 0 Å². The van der Waals surface area contributed by atoms with Gasteiger partial charge in [0.25, 0.3) is 0 Å². The molecule has 1 aliphatic heterocycles. The summed E-state index contributed by atoms with van der Waals surface area (Å²) in [5, 5.41) is 3.71. The van der Waals surface area contributed by atoms with Crippen LogP contribution in [0.3, 0.4) is 0 Å². The van der Waals surface area contributed by atoms with Crippen LogP contribution in [-0.2, 0) is 0 Å². The highest BCUT2D eigenvalue weighted by Gasteiger charge is 2.31. The third-order valence-electron chi connectivity index (χ3n) is 4.35. The van der Waals surface area contributed by atoms with E-state index in [1.54, 1.807) is 0 Å². The second-order valence-electron chi connectivity index (χ2n) is 5.76. The molecule has 2 rings (SSSR count). The molecule has 1 saturated heterocycles. The van der Waals surface area contributed by atoms with E-state index >= 15 is 0 Å². The van der Waals surface area contributed by atoms with Crippen molar-refractivity contribution >= 4 is 0 Å². The van der Waals surface area contributed by atoms with Gasteiger partial charge in [-0.05, 0) is 44.7 Å². The zero-order valence-electron chi connectivity index (χ0n) is 11.0. The molecule has 0 aromatic carbocycles. The SMILES string of the molecule is CCNC1CCCCC1N1CCCC(C)C1. The number of likely N-dealkylation sites (N-methyl/N-ethyl adjacent to an activating group) is 1. The van der Waals surface area contributed by atoms with Crippen molar-refractivity contribution in [2.24, 2.45) is 5.92 Å². The van der Waals surface area contributed by atoms with E-state index in [2.05, 4.69) is 24.1 Å².